The van der Waals surface area contributed by atoms with Gasteiger partial charge in [0.1, 0.15) is 0 Å². The van der Waals surface area contributed by atoms with Gasteiger partial charge in [-0.1, -0.05) is 0 Å². The summed E-state index contributed by atoms with van der Waals surface area (Å²) in [5, 5.41) is 0. The number of hydrogen-bond donors (Lipinski definition) is 0. The van der Waals surface area contributed by atoms with Crippen molar-refractivity contribution < 1.29 is 9.53 Å². The Morgan fingerprint density at radius 3 is 2.81 bits per heavy atom. The average molecular weight is 226 g/mol. The fourth-order valence-electron chi connectivity index (χ4n) is 2.93. The molecule has 0 aromatic heterocycles. The van der Waals surface area contributed by atoms with Crippen LogP contribution >= 0.6 is 0 Å². The van der Waals surface area contributed by atoms with Gasteiger partial charge in [-0.15, -0.1) is 0 Å². The molecule has 92 valence electrons. The summed E-state index contributed by atoms with van der Waals surface area (Å²) >= 11 is 0. The monoisotopic (exact) mass is 226 g/mol. The van der Waals surface area contributed by atoms with Gasteiger partial charge in [0.05, 0.1) is 13.5 Å². The van der Waals surface area contributed by atoms with E-state index in [9.17, 15) is 4.79 Å². The van der Waals surface area contributed by atoms with E-state index in [1.807, 2.05) is 0 Å². The van der Waals surface area contributed by atoms with E-state index in [-0.39, 0.29) is 5.97 Å². The number of hydrogen-bond acceptors (Lipinski definition) is 4. The summed E-state index contributed by atoms with van der Waals surface area (Å²) in [6, 6.07) is 1.47. The predicted octanol–water partition coefficient (Wildman–Crippen LogP) is 0.718. The topological polar surface area (TPSA) is 32.8 Å². The third-order valence-electron chi connectivity index (χ3n) is 4.09. The summed E-state index contributed by atoms with van der Waals surface area (Å²) in [5.41, 5.74) is 0. The first-order valence-corrected chi connectivity index (χ1v) is 6.22. The molecule has 2 unspecified atom stereocenters. The van der Waals surface area contributed by atoms with Gasteiger partial charge in [-0.3, -0.25) is 9.69 Å². The van der Waals surface area contributed by atoms with Crippen molar-refractivity contribution in [2.24, 2.45) is 0 Å². The van der Waals surface area contributed by atoms with Crippen molar-refractivity contribution in [3.8, 4) is 0 Å². The molecule has 2 saturated heterocycles. The third kappa shape index (κ3) is 2.55. The second-order valence-corrected chi connectivity index (χ2v) is 4.97. The summed E-state index contributed by atoms with van der Waals surface area (Å²) < 4.78 is 4.68. The van der Waals surface area contributed by atoms with E-state index >= 15 is 0 Å². The molecule has 0 spiro atoms. The average Bonchev–Trinajstić information content (AvgIpc) is 2.52. The zero-order valence-electron chi connectivity index (χ0n) is 10.3. The van der Waals surface area contributed by atoms with Gasteiger partial charge in [0.25, 0.3) is 0 Å². The minimum absolute atomic E-state index is 0.0947. The summed E-state index contributed by atoms with van der Waals surface area (Å²) in [5.74, 6) is -0.0947. The SMILES string of the molecule is COC(=O)CCN1CCC2CCC(C1)N2C. The Hall–Kier alpha value is -0.610. The summed E-state index contributed by atoms with van der Waals surface area (Å²) in [4.78, 5) is 16.0. The Kier molecular flexibility index (Phi) is 3.82. The van der Waals surface area contributed by atoms with Crippen LogP contribution < -0.4 is 0 Å². The minimum Gasteiger partial charge on any atom is -0.469 e. The van der Waals surface area contributed by atoms with E-state index in [1.54, 1.807) is 0 Å². The zero-order valence-corrected chi connectivity index (χ0v) is 10.3. The Labute approximate surface area is 97.5 Å². The molecule has 2 rings (SSSR count). The molecule has 0 N–H and O–H groups in total. The summed E-state index contributed by atoms with van der Waals surface area (Å²) in [7, 11) is 3.70. The highest BCUT2D eigenvalue weighted by Crippen LogP contribution is 2.28. The first kappa shape index (κ1) is 11.9. The fraction of sp³-hybridized carbons (Fsp3) is 0.917. The highest BCUT2D eigenvalue weighted by atomic mass is 16.5. The number of likely N-dealkylation sites (N-methyl/N-ethyl adjacent to an activating group) is 1. The largest absolute Gasteiger partial charge is 0.469 e. The van der Waals surface area contributed by atoms with Crippen molar-refractivity contribution in [1.82, 2.24) is 9.80 Å². The molecule has 4 nitrogen and oxygen atoms in total. The smallest absolute Gasteiger partial charge is 0.306 e. The molecular weight excluding hydrogens is 204 g/mol. The molecule has 2 bridgehead atoms. The van der Waals surface area contributed by atoms with E-state index in [4.69, 9.17) is 0 Å². The van der Waals surface area contributed by atoms with E-state index in [1.165, 1.54) is 26.4 Å². The van der Waals surface area contributed by atoms with Crippen LogP contribution in [-0.4, -0.2) is 61.6 Å². The molecule has 2 fully saturated rings. The van der Waals surface area contributed by atoms with Crippen molar-refractivity contribution >= 4 is 5.97 Å². The number of carbonyl (C=O) groups excluding carboxylic acids is 1. The normalized spacial score (nSPS) is 31.4. The number of carbonyl (C=O) groups is 1. The Morgan fingerprint density at radius 1 is 1.31 bits per heavy atom. The first-order chi connectivity index (χ1) is 7.70. The van der Waals surface area contributed by atoms with Crippen molar-refractivity contribution in [3.05, 3.63) is 0 Å². The molecule has 0 amide bonds. The molecule has 16 heavy (non-hydrogen) atoms. The van der Waals surface area contributed by atoms with Crippen LogP contribution in [0.3, 0.4) is 0 Å². The zero-order chi connectivity index (χ0) is 11.5. The van der Waals surface area contributed by atoms with Crippen LogP contribution in [0.1, 0.15) is 25.7 Å². The van der Waals surface area contributed by atoms with Crippen molar-refractivity contribution in [3.63, 3.8) is 0 Å². The molecule has 0 radical (unpaired) electrons. The second-order valence-electron chi connectivity index (χ2n) is 4.97. The lowest BCUT2D eigenvalue weighted by Gasteiger charge is -2.25. The van der Waals surface area contributed by atoms with Gasteiger partial charge in [-0.25, -0.2) is 0 Å². The molecule has 0 aromatic carbocycles. The Morgan fingerprint density at radius 2 is 2.06 bits per heavy atom. The first-order valence-electron chi connectivity index (χ1n) is 6.22. The molecule has 2 aliphatic rings. The van der Waals surface area contributed by atoms with Gasteiger partial charge in [0.15, 0.2) is 0 Å². The molecule has 0 aliphatic carbocycles. The number of methoxy groups -OCH3 is 1. The summed E-state index contributed by atoms with van der Waals surface area (Å²) in [6.45, 7) is 3.09. The molecule has 4 heteroatoms. The van der Waals surface area contributed by atoms with Crippen molar-refractivity contribution in [2.45, 2.75) is 37.8 Å². The third-order valence-corrected chi connectivity index (χ3v) is 4.09. The predicted molar refractivity (Wildman–Crippen MR) is 62.3 cm³/mol. The van der Waals surface area contributed by atoms with Crippen molar-refractivity contribution in [1.29, 1.82) is 0 Å². The molecule has 2 heterocycles. The highest BCUT2D eigenvalue weighted by Gasteiger charge is 2.34. The van der Waals surface area contributed by atoms with Gasteiger partial charge < -0.3 is 9.64 Å². The number of esters is 1. The highest BCUT2D eigenvalue weighted by molar-refractivity contribution is 5.69. The number of rotatable bonds is 3. The van der Waals surface area contributed by atoms with E-state index < -0.39 is 0 Å². The van der Waals surface area contributed by atoms with Crippen LogP contribution in [-0.2, 0) is 9.53 Å². The molecule has 2 aliphatic heterocycles. The minimum atomic E-state index is -0.0947. The standard InChI is InChI=1S/C12H22N2O2/c1-13-10-3-4-11(13)9-14(7-5-10)8-6-12(15)16-2/h10-11H,3-9H2,1-2H3. The van der Waals surface area contributed by atoms with Gasteiger partial charge >= 0.3 is 5.97 Å². The number of fused-ring (bicyclic) bond motifs is 2. The van der Waals surface area contributed by atoms with Crippen LogP contribution in [0, 0.1) is 0 Å². The Bertz CT molecular complexity index is 257. The van der Waals surface area contributed by atoms with Crippen LogP contribution in [0.2, 0.25) is 0 Å². The van der Waals surface area contributed by atoms with Gasteiger partial charge in [-0.05, 0) is 32.9 Å². The maximum atomic E-state index is 11.1. The van der Waals surface area contributed by atoms with Crippen LogP contribution in [0.4, 0.5) is 0 Å². The van der Waals surface area contributed by atoms with E-state index in [0.717, 1.165) is 25.7 Å². The fourth-order valence-corrected chi connectivity index (χ4v) is 2.93. The second kappa shape index (κ2) is 5.15. The number of ether oxygens (including phenoxy) is 1. The maximum absolute atomic E-state index is 11.1. The Balaban J connectivity index is 1.82. The number of nitrogens with zero attached hydrogens (tertiary/aromatic N) is 2. The van der Waals surface area contributed by atoms with Crippen molar-refractivity contribution in [2.75, 3.05) is 33.8 Å². The lowest BCUT2D eigenvalue weighted by molar-refractivity contribution is -0.141. The molecule has 0 saturated carbocycles. The van der Waals surface area contributed by atoms with Gasteiger partial charge in [0.2, 0.25) is 0 Å². The quantitative estimate of drug-likeness (QED) is 0.664. The molecule has 2 atom stereocenters. The van der Waals surface area contributed by atoms with Crippen LogP contribution in [0.15, 0.2) is 0 Å². The van der Waals surface area contributed by atoms with Crippen LogP contribution in [0.5, 0.6) is 0 Å². The summed E-state index contributed by atoms with van der Waals surface area (Å²) in [6.07, 6.45) is 4.44. The van der Waals surface area contributed by atoms with Gasteiger partial charge in [0, 0.05) is 25.2 Å². The van der Waals surface area contributed by atoms with E-state index in [2.05, 4.69) is 21.6 Å². The van der Waals surface area contributed by atoms with E-state index in [0.29, 0.717) is 12.5 Å². The number of likely N-dealkylation sites (tertiary alicyclic amines) is 1. The lowest BCUT2D eigenvalue weighted by Crippen LogP contribution is -2.37. The lowest BCUT2D eigenvalue weighted by atomic mass is 10.1. The van der Waals surface area contributed by atoms with Gasteiger partial charge in [-0.2, -0.15) is 0 Å². The molecular formula is C12H22N2O2. The molecule has 0 aromatic rings. The maximum Gasteiger partial charge on any atom is 0.306 e. The van der Waals surface area contributed by atoms with Crippen LogP contribution in [0.25, 0.3) is 0 Å².